The van der Waals surface area contributed by atoms with Gasteiger partial charge in [-0.1, -0.05) is 143 Å². The Morgan fingerprint density at radius 3 is 1.21 bits per heavy atom. The Kier molecular flexibility index (Phi) is 27.2. The molecule has 0 N–H and O–H groups in total. The van der Waals surface area contributed by atoms with Crippen molar-refractivity contribution in [2.75, 3.05) is 26.2 Å². The first-order valence-corrected chi connectivity index (χ1v) is 15.1. The van der Waals surface area contributed by atoms with E-state index in [1.54, 1.807) is 0 Å². The van der Waals surface area contributed by atoms with Crippen LogP contribution < -0.4 is 0 Å². The molecule has 0 aromatic rings. The van der Waals surface area contributed by atoms with E-state index in [4.69, 9.17) is 4.74 Å². The molecule has 0 aliphatic carbocycles. The largest absolute Gasteiger partial charge is 0.465 e. The van der Waals surface area contributed by atoms with Crippen LogP contribution in [0, 0.1) is 0 Å². The number of esters is 1. The van der Waals surface area contributed by atoms with E-state index in [9.17, 15) is 4.79 Å². The van der Waals surface area contributed by atoms with Crippen LogP contribution >= 0.6 is 0 Å². The average molecular weight is 468 g/mol. The quantitative estimate of drug-likeness (QED) is 0.0889. The number of hydrogen-bond donors (Lipinski definition) is 0. The molecule has 0 rings (SSSR count). The van der Waals surface area contributed by atoms with Crippen molar-refractivity contribution >= 4 is 5.97 Å². The summed E-state index contributed by atoms with van der Waals surface area (Å²) in [7, 11) is 0. The zero-order chi connectivity index (χ0) is 24.2. The van der Waals surface area contributed by atoms with E-state index in [2.05, 4.69) is 25.7 Å². The molecule has 0 radical (unpaired) electrons. The highest BCUT2D eigenvalue weighted by atomic mass is 16.5. The van der Waals surface area contributed by atoms with Gasteiger partial charge in [0, 0.05) is 0 Å². The van der Waals surface area contributed by atoms with E-state index in [-0.39, 0.29) is 5.97 Å². The Balaban J connectivity index is 3.98. The third kappa shape index (κ3) is 25.9. The van der Waals surface area contributed by atoms with Gasteiger partial charge in [-0.05, 0) is 32.4 Å². The molecule has 3 heteroatoms. The lowest BCUT2D eigenvalue weighted by Crippen LogP contribution is -2.33. The van der Waals surface area contributed by atoms with E-state index in [0.717, 1.165) is 19.5 Å². The smallest absolute Gasteiger partial charge is 0.320 e. The van der Waals surface area contributed by atoms with Gasteiger partial charge in [-0.2, -0.15) is 0 Å². The Morgan fingerprint density at radius 2 is 0.818 bits per heavy atom. The molecule has 0 atom stereocenters. The standard InChI is InChI=1S/C30H61NO2/c1-4-7-10-13-16-19-22-25-28-33-30(32)29-31(26-23-20-17-14-11-8-5-2)27-24-21-18-15-12-9-6-3/h4-29H2,1-3H3. The van der Waals surface area contributed by atoms with Crippen LogP contribution in [0.2, 0.25) is 0 Å². The molecule has 0 amide bonds. The van der Waals surface area contributed by atoms with Crippen molar-refractivity contribution < 1.29 is 9.53 Å². The minimum Gasteiger partial charge on any atom is -0.465 e. The zero-order valence-corrected chi connectivity index (χ0v) is 23.1. The molecule has 0 aromatic carbocycles. The Morgan fingerprint density at radius 1 is 0.485 bits per heavy atom. The predicted molar refractivity (Wildman–Crippen MR) is 146 cm³/mol. The van der Waals surface area contributed by atoms with E-state index >= 15 is 0 Å². The van der Waals surface area contributed by atoms with Crippen LogP contribution in [-0.2, 0) is 9.53 Å². The van der Waals surface area contributed by atoms with E-state index in [0.29, 0.717) is 13.2 Å². The van der Waals surface area contributed by atoms with Crippen molar-refractivity contribution in [3.63, 3.8) is 0 Å². The number of rotatable bonds is 27. The van der Waals surface area contributed by atoms with Crippen LogP contribution in [0.4, 0.5) is 0 Å². The first-order chi connectivity index (χ1) is 16.2. The van der Waals surface area contributed by atoms with E-state index in [1.807, 2.05) is 0 Å². The Bertz CT molecular complexity index is 367. The van der Waals surface area contributed by atoms with Crippen LogP contribution in [0.3, 0.4) is 0 Å². The molecule has 0 aliphatic rings. The summed E-state index contributed by atoms with van der Waals surface area (Å²) in [4.78, 5) is 14.8. The lowest BCUT2D eigenvalue weighted by atomic mass is 10.1. The number of hydrogen-bond acceptors (Lipinski definition) is 3. The van der Waals surface area contributed by atoms with E-state index in [1.165, 1.54) is 135 Å². The number of unbranched alkanes of at least 4 members (excludes halogenated alkanes) is 19. The molecular formula is C30H61NO2. The summed E-state index contributed by atoms with van der Waals surface area (Å²) in [6, 6.07) is 0. The molecule has 0 fully saturated rings. The van der Waals surface area contributed by atoms with Crippen LogP contribution in [0.25, 0.3) is 0 Å². The molecule has 33 heavy (non-hydrogen) atoms. The second kappa shape index (κ2) is 27.7. The van der Waals surface area contributed by atoms with Crippen molar-refractivity contribution in [2.24, 2.45) is 0 Å². The molecule has 0 saturated carbocycles. The van der Waals surface area contributed by atoms with Crippen molar-refractivity contribution in [1.29, 1.82) is 0 Å². The average Bonchev–Trinajstić information content (AvgIpc) is 2.81. The van der Waals surface area contributed by atoms with Crippen molar-refractivity contribution in [3.05, 3.63) is 0 Å². The van der Waals surface area contributed by atoms with Gasteiger partial charge in [0.2, 0.25) is 0 Å². The highest BCUT2D eigenvalue weighted by Crippen LogP contribution is 2.11. The maximum absolute atomic E-state index is 12.4. The molecular weight excluding hydrogens is 406 g/mol. The van der Waals surface area contributed by atoms with Gasteiger partial charge in [-0.15, -0.1) is 0 Å². The van der Waals surface area contributed by atoms with Gasteiger partial charge >= 0.3 is 5.97 Å². The van der Waals surface area contributed by atoms with Crippen LogP contribution in [0.1, 0.15) is 162 Å². The first-order valence-electron chi connectivity index (χ1n) is 15.1. The highest BCUT2D eigenvalue weighted by Gasteiger charge is 2.11. The topological polar surface area (TPSA) is 29.5 Å². The summed E-state index contributed by atoms with van der Waals surface area (Å²) in [6.45, 7) is 10.0. The fraction of sp³-hybridized carbons (Fsp3) is 0.967. The Hall–Kier alpha value is -0.570. The number of carbonyl (C=O) groups is 1. The first kappa shape index (κ1) is 32.4. The lowest BCUT2D eigenvalue weighted by Gasteiger charge is -2.21. The maximum atomic E-state index is 12.4. The summed E-state index contributed by atoms with van der Waals surface area (Å²) in [5.74, 6) is -0.0103. The summed E-state index contributed by atoms with van der Waals surface area (Å²) in [5, 5.41) is 0. The van der Waals surface area contributed by atoms with Crippen LogP contribution in [0.5, 0.6) is 0 Å². The maximum Gasteiger partial charge on any atom is 0.320 e. The number of nitrogens with zero attached hydrogens (tertiary/aromatic N) is 1. The van der Waals surface area contributed by atoms with Gasteiger partial charge < -0.3 is 4.74 Å². The lowest BCUT2D eigenvalue weighted by molar-refractivity contribution is -0.145. The van der Waals surface area contributed by atoms with Crippen molar-refractivity contribution in [2.45, 2.75) is 162 Å². The van der Waals surface area contributed by atoms with Gasteiger partial charge in [0.25, 0.3) is 0 Å². The molecule has 0 saturated heterocycles. The normalized spacial score (nSPS) is 11.4. The van der Waals surface area contributed by atoms with Gasteiger partial charge in [0.1, 0.15) is 0 Å². The third-order valence-electron chi connectivity index (χ3n) is 6.77. The molecule has 0 spiro atoms. The number of carbonyl (C=O) groups excluding carboxylic acids is 1. The fourth-order valence-electron chi connectivity index (χ4n) is 4.51. The summed E-state index contributed by atoms with van der Waals surface area (Å²) in [5.41, 5.74) is 0. The number of ether oxygens (including phenoxy) is 1. The van der Waals surface area contributed by atoms with Crippen LogP contribution in [0.15, 0.2) is 0 Å². The monoisotopic (exact) mass is 467 g/mol. The second-order valence-corrected chi connectivity index (χ2v) is 10.2. The summed E-state index contributed by atoms with van der Waals surface area (Å²) in [6.07, 6.45) is 28.8. The van der Waals surface area contributed by atoms with Gasteiger partial charge in [0.05, 0.1) is 13.2 Å². The SMILES string of the molecule is CCCCCCCCCCOC(=O)CN(CCCCCCCCC)CCCCCCCCC. The molecule has 198 valence electrons. The minimum atomic E-state index is -0.0103. The zero-order valence-electron chi connectivity index (χ0n) is 23.1. The van der Waals surface area contributed by atoms with Gasteiger partial charge in [-0.3, -0.25) is 9.69 Å². The minimum absolute atomic E-state index is 0.0103. The van der Waals surface area contributed by atoms with Gasteiger partial charge in [-0.25, -0.2) is 0 Å². The summed E-state index contributed by atoms with van der Waals surface area (Å²) >= 11 is 0. The van der Waals surface area contributed by atoms with E-state index < -0.39 is 0 Å². The predicted octanol–water partition coefficient (Wildman–Crippen LogP) is 9.47. The molecule has 3 nitrogen and oxygen atoms in total. The highest BCUT2D eigenvalue weighted by molar-refractivity contribution is 5.71. The third-order valence-corrected chi connectivity index (χ3v) is 6.77. The molecule has 0 aliphatic heterocycles. The summed E-state index contributed by atoms with van der Waals surface area (Å²) < 4.78 is 5.58. The van der Waals surface area contributed by atoms with Gasteiger partial charge in [0.15, 0.2) is 0 Å². The molecule has 0 heterocycles. The van der Waals surface area contributed by atoms with Crippen LogP contribution in [-0.4, -0.2) is 37.1 Å². The fourth-order valence-corrected chi connectivity index (χ4v) is 4.51. The van der Waals surface area contributed by atoms with Crippen molar-refractivity contribution in [3.8, 4) is 0 Å². The molecule has 0 aromatic heterocycles. The second-order valence-electron chi connectivity index (χ2n) is 10.2. The Labute approximate surface area is 208 Å². The molecule has 0 bridgehead atoms. The van der Waals surface area contributed by atoms with Crippen molar-refractivity contribution in [1.82, 2.24) is 4.90 Å². The molecule has 0 unspecified atom stereocenters.